The topological polar surface area (TPSA) is 249 Å². The summed E-state index contributed by atoms with van der Waals surface area (Å²) in [5.41, 5.74) is -3.31. The summed E-state index contributed by atoms with van der Waals surface area (Å²) < 4.78 is 28.9. The number of phenolic OH excluding ortho intramolecular Hbond substituents is 2. The maximum absolute atomic E-state index is 14.4. The van der Waals surface area contributed by atoms with Crippen LogP contribution in [0.3, 0.4) is 0 Å². The number of aromatic hydroxyl groups is 2. The highest BCUT2D eigenvalue weighted by Gasteiger charge is 2.50. The highest BCUT2D eigenvalue weighted by atomic mass is 16.7. The number of Topliss-reactive ketones (excluding diaryl/α,β-unsaturated/α-hetero) is 1. The van der Waals surface area contributed by atoms with Gasteiger partial charge in [0.05, 0.1) is 41.2 Å². The zero-order chi connectivity index (χ0) is 42.4. The second-order valence-electron chi connectivity index (χ2n) is 14.9. The van der Waals surface area contributed by atoms with Gasteiger partial charge in [-0.3, -0.25) is 14.4 Å². The Morgan fingerprint density at radius 2 is 1.60 bits per heavy atom. The third-order valence-corrected chi connectivity index (χ3v) is 10.9. The SMILES string of the molecule is COC1/C=C/OC2(C)Oc3c(C)c(O)c4c(O)c(c5cc(C(=O)O)c(=O)oc5c4c3C2=O)NC(=O)/C(C)=C\C=C\C(C)C(O)C(C)C(O)C(C)C(OC(C)=O)C1C. The number of anilines is 1. The maximum Gasteiger partial charge on any atom is 0.351 e. The summed E-state index contributed by atoms with van der Waals surface area (Å²) in [6.07, 6.45) is 3.04. The molecule has 16 nitrogen and oxygen atoms in total. The molecule has 1 amide bonds. The molecule has 9 unspecified atom stereocenters. The minimum Gasteiger partial charge on any atom is -0.507 e. The molecule has 0 saturated carbocycles. The summed E-state index contributed by atoms with van der Waals surface area (Å²) in [7, 11) is 1.40. The number of ketones is 1. The number of benzene rings is 2. The van der Waals surface area contributed by atoms with Crippen molar-refractivity contribution in [1.82, 2.24) is 0 Å². The zero-order valence-corrected chi connectivity index (χ0v) is 32.9. The van der Waals surface area contributed by atoms with Crippen LogP contribution in [0.2, 0.25) is 0 Å². The Morgan fingerprint density at radius 3 is 2.21 bits per heavy atom. The van der Waals surface area contributed by atoms with E-state index in [4.69, 9.17) is 23.4 Å². The molecular weight excluding hydrogens is 746 g/mol. The number of hydrogen-bond donors (Lipinski definition) is 6. The average Bonchev–Trinajstić information content (AvgIpc) is 3.42. The molecule has 2 aliphatic heterocycles. The Balaban J connectivity index is 1.77. The predicted octanol–water partition coefficient (Wildman–Crippen LogP) is 4.85. The van der Waals surface area contributed by atoms with Crippen molar-refractivity contribution in [2.24, 2.45) is 23.7 Å². The van der Waals surface area contributed by atoms with Gasteiger partial charge in [-0.1, -0.05) is 45.9 Å². The number of rotatable bonds is 3. The van der Waals surface area contributed by atoms with Crippen molar-refractivity contribution in [3.8, 4) is 17.2 Å². The van der Waals surface area contributed by atoms with Crippen LogP contribution in [0.15, 0.2) is 51.4 Å². The molecule has 5 rings (SSSR count). The van der Waals surface area contributed by atoms with E-state index in [9.17, 15) is 49.5 Å². The first-order valence-corrected chi connectivity index (χ1v) is 18.2. The number of esters is 1. The van der Waals surface area contributed by atoms with E-state index in [0.717, 1.165) is 12.3 Å². The van der Waals surface area contributed by atoms with E-state index in [2.05, 4.69) is 5.32 Å². The van der Waals surface area contributed by atoms with Gasteiger partial charge in [-0.2, -0.15) is 0 Å². The van der Waals surface area contributed by atoms with E-state index >= 15 is 0 Å². The molecule has 57 heavy (non-hydrogen) atoms. The van der Waals surface area contributed by atoms with Crippen LogP contribution in [0.4, 0.5) is 5.69 Å². The number of aromatic carboxylic acids is 1. The van der Waals surface area contributed by atoms with Gasteiger partial charge < -0.3 is 54.2 Å². The highest BCUT2D eigenvalue weighted by molar-refractivity contribution is 6.28. The Hall–Kier alpha value is -5.71. The van der Waals surface area contributed by atoms with Gasteiger partial charge >= 0.3 is 23.4 Å². The Morgan fingerprint density at radius 1 is 0.930 bits per heavy atom. The summed E-state index contributed by atoms with van der Waals surface area (Å²) >= 11 is 0. The van der Waals surface area contributed by atoms with Gasteiger partial charge in [0.25, 0.3) is 11.7 Å². The van der Waals surface area contributed by atoms with Gasteiger partial charge in [0, 0.05) is 66.5 Å². The number of carbonyl (C=O) groups is 4. The highest BCUT2D eigenvalue weighted by Crippen LogP contribution is 2.54. The number of carboxylic acid groups (broad SMARTS) is 1. The zero-order valence-electron chi connectivity index (χ0n) is 32.9. The van der Waals surface area contributed by atoms with E-state index in [1.165, 1.54) is 53.0 Å². The molecule has 4 bridgehead atoms. The largest absolute Gasteiger partial charge is 0.507 e. The lowest BCUT2D eigenvalue weighted by molar-refractivity contribution is -0.160. The Kier molecular flexibility index (Phi) is 11.9. The lowest BCUT2D eigenvalue weighted by Gasteiger charge is -2.38. The normalized spacial score (nSPS) is 30.6. The van der Waals surface area contributed by atoms with Crippen LogP contribution >= 0.6 is 0 Å². The van der Waals surface area contributed by atoms with Gasteiger partial charge in [-0.05, 0) is 26.0 Å². The number of ether oxygens (including phenoxy) is 4. The molecule has 9 atom stereocenters. The van der Waals surface area contributed by atoms with Gasteiger partial charge in [-0.25, -0.2) is 9.59 Å². The molecule has 2 aliphatic rings. The van der Waals surface area contributed by atoms with Crippen molar-refractivity contribution in [3.05, 3.63) is 69.3 Å². The number of allylic oxidation sites excluding steroid dienone is 2. The fourth-order valence-corrected chi connectivity index (χ4v) is 7.48. The summed E-state index contributed by atoms with van der Waals surface area (Å²) in [6.45, 7) is 12.1. The number of hydrogen-bond acceptors (Lipinski definition) is 14. The molecule has 0 radical (unpaired) electrons. The molecule has 2 aromatic carbocycles. The van der Waals surface area contributed by atoms with Crippen LogP contribution in [0.25, 0.3) is 21.7 Å². The smallest absolute Gasteiger partial charge is 0.351 e. The van der Waals surface area contributed by atoms with Crippen LogP contribution in [0, 0.1) is 30.6 Å². The fraction of sp³-hybridized carbons (Fsp3) is 0.439. The second kappa shape index (κ2) is 16.0. The molecule has 306 valence electrons. The molecule has 3 heterocycles. The number of carboxylic acids is 1. The first-order chi connectivity index (χ1) is 26.7. The van der Waals surface area contributed by atoms with Crippen LogP contribution in [-0.4, -0.2) is 86.5 Å². The van der Waals surface area contributed by atoms with E-state index < -0.39 is 117 Å². The van der Waals surface area contributed by atoms with E-state index in [1.807, 2.05) is 0 Å². The lowest BCUT2D eigenvalue weighted by Crippen LogP contribution is -2.46. The van der Waals surface area contributed by atoms with Gasteiger partial charge in [0.15, 0.2) is 5.75 Å². The van der Waals surface area contributed by atoms with Crippen LogP contribution in [0.5, 0.6) is 17.2 Å². The number of amides is 1. The number of phenols is 2. The van der Waals surface area contributed by atoms with Crippen LogP contribution in [0.1, 0.15) is 74.7 Å². The van der Waals surface area contributed by atoms with Gasteiger partial charge in [0.2, 0.25) is 0 Å². The first kappa shape index (κ1) is 42.4. The van der Waals surface area contributed by atoms with Crippen LogP contribution in [-0.2, 0) is 23.8 Å². The number of carbonyl (C=O) groups excluding carboxylic acids is 3. The molecule has 0 aliphatic carbocycles. The molecule has 6 N–H and O–H groups in total. The van der Waals surface area contributed by atoms with Gasteiger partial charge in [-0.15, -0.1) is 0 Å². The second-order valence-corrected chi connectivity index (χ2v) is 14.9. The molecule has 0 fully saturated rings. The summed E-state index contributed by atoms with van der Waals surface area (Å²) in [6, 6.07) is 0.873. The monoisotopic (exact) mass is 793 g/mol. The number of fused-ring (bicyclic) bond motifs is 1. The van der Waals surface area contributed by atoms with E-state index in [0.29, 0.717) is 0 Å². The maximum atomic E-state index is 14.4. The van der Waals surface area contributed by atoms with Crippen molar-refractivity contribution >= 4 is 51.1 Å². The summed E-state index contributed by atoms with van der Waals surface area (Å²) in [5, 5.41) is 57.3. The number of nitrogens with one attached hydrogen (secondary N) is 1. The first-order valence-electron chi connectivity index (χ1n) is 18.2. The minimum absolute atomic E-state index is 0.0315. The van der Waals surface area contributed by atoms with Crippen molar-refractivity contribution < 1.29 is 68.1 Å². The quantitative estimate of drug-likeness (QED) is 0.0898. The third kappa shape index (κ3) is 7.59. The number of aliphatic hydroxyl groups excluding tert-OH is 2. The standard InChI is InChI=1S/C41H47NO15/c1-16-11-10-12-17(2)38(49)42-29-23-15-24(39(50)51)40(52)56-36(23)26-27(33(29)47)32(46)21(6)35-28(26)37(48)41(8,57-35)54-14-13-25(53-9)18(3)34(55-22(7)43)20(5)31(45)19(4)30(16)44/h10-16,18-20,25,30-31,34,44-47H,1-9H3,(H,42,49)(H,50,51)/b11-10+,14-13+,17-12-. The van der Waals surface area contributed by atoms with Crippen molar-refractivity contribution in [2.45, 2.75) is 85.6 Å². The van der Waals surface area contributed by atoms with Gasteiger partial charge in [0.1, 0.15) is 28.7 Å². The molecular formula is C41H47NO15. The number of methoxy groups -OCH3 is 1. The van der Waals surface area contributed by atoms with Crippen molar-refractivity contribution in [2.75, 3.05) is 12.4 Å². The Labute approximate surface area is 327 Å². The third-order valence-electron chi connectivity index (χ3n) is 10.9. The van der Waals surface area contributed by atoms with Crippen molar-refractivity contribution in [1.29, 1.82) is 0 Å². The molecule has 1 aromatic heterocycles. The predicted molar refractivity (Wildman–Crippen MR) is 205 cm³/mol. The molecule has 3 aromatic rings. The lowest BCUT2D eigenvalue weighted by atomic mass is 9.78. The molecule has 16 heteroatoms. The van der Waals surface area contributed by atoms with E-state index in [1.54, 1.807) is 33.8 Å². The average molecular weight is 794 g/mol. The minimum atomic E-state index is -2.13. The number of aliphatic hydroxyl groups is 2. The molecule has 0 spiro atoms. The van der Waals surface area contributed by atoms with E-state index in [-0.39, 0.29) is 33.2 Å². The van der Waals surface area contributed by atoms with Crippen molar-refractivity contribution in [3.63, 3.8) is 0 Å². The fourth-order valence-electron chi connectivity index (χ4n) is 7.48. The summed E-state index contributed by atoms with van der Waals surface area (Å²) in [5.74, 6) is -10.3. The molecule has 0 saturated heterocycles. The van der Waals surface area contributed by atoms with Crippen LogP contribution < -0.4 is 15.7 Å². The summed E-state index contributed by atoms with van der Waals surface area (Å²) in [4.78, 5) is 65.3. The Bertz CT molecular complexity index is 2300.